The van der Waals surface area contributed by atoms with Gasteiger partial charge in [0.05, 0.1) is 16.7 Å². The van der Waals surface area contributed by atoms with Crippen LogP contribution in [0.15, 0.2) is 33.6 Å². The van der Waals surface area contributed by atoms with Crippen molar-refractivity contribution in [3.63, 3.8) is 0 Å². The topological polar surface area (TPSA) is 69.7 Å². The Morgan fingerprint density at radius 1 is 1.14 bits per heavy atom. The van der Waals surface area contributed by atoms with Gasteiger partial charge in [0.15, 0.2) is 5.78 Å². The molecule has 1 aliphatic carbocycles. The molecule has 2 aliphatic heterocycles. The highest BCUT2D eigenvalue weighted by atomic mass is 16.6. The van der Waals surface area contributed by atoms with Crippen molar-refractivity contribution in [3.05, 3.63) is 33.6 Å². The smallest absolute Gasteiger partial charge is 0.346 e. The molecule has 0 aromatic rings. The zero-order valence-corrected chi connectivity index (χ0v) is 12.6. The molecule has 3 aliphatic rings. The molecule has 0 N–H and O–H groups in total. The lowest BCUT2D eigenvalue weighted by atomic mass is 9.67. The van der Waals surface area contributed by atoms with E-state index in [-0.39, 0.29) is 11.4 Å². The summed E-state index contributed by atoms with van der Waals surface area (Å²) < 4.78 is 10.6. The van der Waals surface area contributed by atoms with Gasteiger partial charge in [0.25, 0.3) is 0 Å². The second-order valence-electron chi connectivity index (χ2n) is 6.17. The Balaban J connectivity index is 2.33. The summed E-state index contributed by atoms with van der Waals surface area (Å²) >= 11 is 0. The van der Waals surface area contributed by atoms with Gasteiger partial charge < -0.3 is 9.47 Å². The molecule has 0 aromatic heterocycles. The van der Waals surface area contributed by atoms with Crippen LogP contribution in [0.2, 0.25) is 0 Å². The lowest BCUT2D eigenvalue weighted by Crippen LogP contribution is -2.38. The van der Waals surface area contributed by atoms with Gasteiger partial charge >= 0.3 is 11.9 Å². The summed E-state index contributed by atoms with van der Waals surface area (Å²) in [5.41, 5.74) is 1.71. The maximum atomic E-state index is 12.0. The third-order valence-corrected chi connectivity index (χ3v) is 4.45. The SMILES string of the molecule is CC(=O)C1=C(C)OC2C1=C(C)C1=C(C(=O)OC1=O)C2(C)C. The van der Waals surface area contributed by atoms with Crippen LogP contribution in [0.25, 0.3) is 0 Å². The van der Waals surface area contributed by atoms with Crippen LogP contribution in [0, 0.1) is 5.41 Å². The first kappa shape index (κ1) is 13.8. The Morgan fingerprint density at radius 2 is 1.76 bits per heavy atom. The van der Waals surface area contributed by atoms with Crippen LogP contribution in [0.3, 0.4) is 0 Å². The summed E-state index contributed by atoms with van der Waals surface area (Å²) in [6.45, 7) is 8.60. The number of fused-ring (bicyclic) bond motifs is 1. The minimum atomic E-state index is -0.730. The number of hydrogen-bond donors (Lipinski definition) is 0. The van der Waals surface area contributed by atoms with Crippen molar-refractivity contribution in [3.8, 4) is 0 Å². The Morgan fingerprint density at radius 3 is 2.33 bits per heavy atom. The Labute approximate surface area is 122 Å². The molecule has 0 fully saturated rings. The molecule has 0 spiro atoms. The highest BCUT2D eigenvalue weighted by Gasteiger charge is 2.55. The highest BCUT2D eigenvalue weighted by molar-refractivity contribution is 6.17. The van der Waals surface area contributed by atoms with Crippen molar-refractivity contribution >= 4 is 17.7 Å². The fourth-order valence-electron chi connectivity index (χ4n) is 3.53. The average molecular weight is 288 g/mol. The van der Waals surface area contributed by atoms with E-state index in [0.29, 0.717) is 28.1 Å². The molecular formula is C16H16O5. The second-order valence-corrected chi connectivity index (χ2v) is 6.17. The van der Waals surface area contributed by atoms with Crippen LogP contribution in [0.4, 0.5) is 0 Å². The van der Waals surface area contributed by atoms with Crippen molar-refractivity contribution in [2.24, 2.45) is 5.41 Å². The van der Waals surface area contributed by atoms with Crippen LogP contribution in [-0.4, -0.2) is 23.8 Å². The molecule has 0 amide bonds. The molecule has 0 aromatic carbocycles. The van der Waals surface area contributed by atoms with Crippen molar-refractivity contribution in [1.29, 1.82) is 0 Å². The van der Waals surface area contributed by atoms with E-state index in [1.165, 1.54) is 6.92 Å². The van der Waals surface area contributed by atoms with Gasteiger partial charge in [-0.3, -0.25) is 4.79 Å². The molecule has 0 bridgehead atoms. The molecule has 2 heterocycles. The minimum Gasteiger partial charge on any atom is -0.489 e. The zero-order chi connectivity index (χ0) is 15.7. The van der Waals surface area contributed by atoms with Gasteiger partial charge in [-0.25, -0.2) is 9.59 Å². The molecule has 0 radical (unpaired) electrons. The predicted molar refractivity (Wildman–Crippen MR) is 72.9 cm³/mol. The fraction of sp³-hybridized carbons (Fsp3) is 0.438. The van der Waals surface area contributed by atoms with Crippen LogP contribution < -0.4 is 0 Å². The van der Waals surface area contributed by atoms with Crippen LogP contribution in [0.1, 0.15) is 34.6 Å². The number of ether oxygens (including phenoxy) is 2. The predicted octanol–water partition coefficient (Wildman–Crippen LogP) is 1.98. The Hall–Kier alpha value is -2.17. The number of ketones is 1. The van der Waals surface area contributed by atoms with E-state index in [4.69, 9.17) is 9.47 Å². The number of Topliss-reactive ketones (excluding diaryl/α,β-unsaturated/α-hetero) is 1. The summed E-state index contributed by atoms with van der Waals surface area (Å²) in [6, 6.07) is 0. The minimum absolute atomic E-state index is 0.109. The van der Waals surface area contributed by atoms with Gasteiger partial charge in [-0.15, -0.1) is 0 Å². The standard InChI is InChI=1S/C16H16O5/c1-6-9-11(7(2)17)8(3)20-13(9)16(4,5)12-10(6)14(18)21-15(12)19/h13H,1-5H3. The second kappa shape index (κ2) is 3.93. The third kappa shape index (κ3) is 1.54. The number of hydrogen-bond acceptors (Lipinski definition) is 5. The van der Waals surface area contributed by atoms with E-state index in [9.17, 15) is 14.4 Å². The van der Waals surface area contributed by atoms with E-state index in [0.717, 1.165) is 0 Å². The van der Waals surface area contributed by atoms with Crippen molar-refractivity contribution in [1.82, 2.24) is 0 Å². The first-order valence-corrected chi connectivity index (χ1v) is 6.79. The van der Waals surface area contributed by atoms with E-state index < -0.39 is 23.5 Å². The maximum absolute atomic E-state index is 12.0. The summed E-state index contributed by atoms with van der Waals surface area (Å²) in [7, 11) is 0. The molecule has 1 unspecified atom stereocenters. The summed E-state index contributed by atoms with van der Waals surface area (Å²) in [5, 5.41) is 0. The first-order chi connectivity index (χ1) is 9.67. The van der Waals surface area contributed by atoms with Crippen LogP contribution in [0.5, 0.6) is 0 Å². The third-order valence-electron chi connectivity index (χ3n) is 4.45. The summed E-state index contributed by atoms with van der Waals surface area (Å²) in [5.74, 6) is -0.825. The van der Waals surface area contributed by atoms with Gasteiger partial charge in [-0.1, -0.05) is 13.8 Å². The maximum Gasteiger partial charge on any atom is 0.346 e. The largest absolute Gasteiger partial charge is 0.489 e. The molecule has 21 heavy (non-hydrogen) atoms. The number of carbonyl (C=O) groups excluding carboxylic acids is 3. The highest BCUT2D eigenvalue weighted by Crippen LogP contribution is 2.53. The monoisotopic (exact) mass is 288 g/mol. The average Bonchev–Trinajstić information content (AvgIpc) is 2.85. The summed E-state index contributed by atoms with van der Waals surface area (Å²) in [4.78, 5) is 35.9. The van der Waals surface area contributed by atoms with Gasteiger partial charge in [-0.05, 0) is 26.3 Å². The van der Waals surface area contributed by atoms with E-state index in [1.54, 1.807) is 13.8 Å². The Kier molecular flexibility index (Phi) is 2.58. The number of cyclic esters (lactones) is 2. The molecule has 5 heteroatoms. The van der Waals surface area contributed by atoms with Gasteiger partial charge in [0, 0.05) is 11.0 Å². The molecule has 1 atom stereocenters. The molecule has 0 saturated carbocycles. The van der Waals surface area contributed by atoms with Gasteiger partial charge in [-0.2, -0.15) is 0 Å². The molecule has 3 rings (SSSR count). The van der Waals surface area contributed by atoms with E-state index in [1.807, 2.05) is 13.8 Å². The first-order valence-electron chi connectivity index (χ1n) is 6.79. The Bertz CT molecular complexity index is 715. The van der Waals surface area contributed by atoms with E-state index >= 15 is 0 Å². The number of allylic oxidation sites excluding steroid dienone is 1. The van der Waals surface area contributed by atoms with Crippen molar-refractivity contribution < 1.29 is 23.9 Å². The zero-order valence-electron chi connectivity index (χ0n) is 12.6. The van der Waals surface area contributed by atoms with Gasteiger partial charge in [0.2, 0.25) is 0 Å². The van der Waals surface area contributed by atoms with Crippen molar-refractivity contribution in [2.75, 3.05) is 0 Å². The normalized spacial score (nSPS) is 26.8. The summed E-state index contributed by atoms with van der Waals surface area (Å²) in [6.07, 6.45) is -0.450. The fourth-order valence-corrected chi connectivity index (χ4v) is 3.53. The molecule has 5 nitrogen and oxygen atoms in total. The molecular weight excluding hydrogens is 272 g/mol. The van der Waals surface area contributed by atoms with Gasteiger partial charge in [0.1, 0.15) is 11.9 Å². The van der Waals surface area contributed by atoms with Crippen LogP contribution in [-0.2, 0) is 23.9 Å². The van der Waals surface area contributed by atoms with Crippen LogP contribution >= 0.6 is 0 Å². The number of esters is 2. The number of carbonyl (C=O) groups is 3. The molecule has 0 saturated heterocycles. The number of rotatable bonds is 1. The lowest BCUT2D eigenvalue weighted by molar-refractivity contribution is -0.151. The quantitative estimate of drug-likeness (QED) is 0.545. The lowest BCUT2D eigenvalue weighted by Gasteiger charge is -2.36. The van der Waals surface area contributed by atoms with E-state index in [2.05, 4.69) is 0 Å². The molecule has 110 valence electrons. The van der Waals surface area contributed by atoms with Crippen molar-refractivity contribution in [2.45, 2.75) is 40.7 Å².